The predicted octanol–water partition coefficient (Wildman–Crippen LogP) is -0.0512. The molecular weight excluding hydrogens is 226 g/mol. The summed E-state index contributed by atoms with van der Waals surface area (Å²) in [6, 6.07) is -0.405. The first kappa shape index (κ1) is 11.6. The summed E-state index contributed by atoms with van der Waals surface area (Å²) in [7, 11) is 0. The number of carbonyl (C=O) groups is 3. The van der Waals surface area contributed by atoms with Gasteiger partial charge in [-0.25, -0.2) is 4.79 Å². The van der Waals surface area contributed by atoms with Crippen molar-refractivity contribution in [3.63, 3.8) is 0 Å². The largest absolute Gasteiger partial charge is 0.481 e. The minimum Gasteiger partial charge on any atom is -0.481 e. The third-order valence-electron chi connectivity index (χ3n) is 3.51. The number of rotatable bonds is 3. The van der Waals surface area contributed by atoms with Crippen LogP contribution < -0.4 is 0 Å². The van der Waals surface area contributed by atoms with Gasteiger partial charge in [-0.05, 0) is 13.3 Å². The van der Waals surface area contributed by atoms with Gasteiger partial charge in [0.25, 0.3) is 0 Å². The summed E-state index contributed by atoms with van der Waals surface area (Å²) < 4.78 is 0. The van der Waals surface area contributed by atoms with Crippen molar-refractivity contribution < 1.29 is 24.6 Å². The maximum absolute atomic E-state index is 12.0. The van der Waals surface area contributed by atoms with Crippen LogP contribution in [-0.4, -0.2) is 45.5 Å². The van der Waals surface area contributed by atoms with Gasteiger partial charge in [0.05, 0.1) is 11.8 Å². The van der Waals surface area contributed by atoms with Crippen LogP contribution in [-0.2, 0) is 14.4 Å². The third kappa shape index (κ3) is 1.51. The fourth-order valence-corrected chi connectivity index (χ4v) is 2.80. The topological polar surface area (TPSA) is 94.9 Å². The highest BCUT2D eigenvalue weighted by Gasteiger charge is 2.55. The fourth-order valence-electron chi connectivity index (χ4n) is 2.80. The Hall–Kier alpha value is -1.85. The molecule has 0 saturated carbocycles. The van der Waals surface area contributed by atoms with E-state index in [1.54, 1.807) is 6.92 Å². The minimum absolute atomic E-state index is 0.0744. The number of carbonyl (C=O) groups excluding carboxylic acids is 1. The van der Waals surface area contributed by atoms with Gasteiger partial charge in [0.1, 0.15) is 0 Å². The molecule has 1 aliphatic heterocycles. The van der Waals surface area contributed by atoms with Crippen LogP contribution in [0.15, 0.2) is 11.6 Å². The lowest BCUT2D eigenvalue weighted by molar-refractivity contribution is -0.145. The van der Waals surface area contributed by atoms with Crippen LogP contribution in [0.5, 0.6) is 0 Å². The van der Waals surface area contributed by atoms with Crippen molar-refractivity contribution >= 4 is 17.8 Å². The van der Waals surface area contributed by atoms with Crippen molar-refractivity contribution in [3.05, 3.63) is 11.6 Å². The monoisotopic (exact) mass is 239 g/mol. The normalized spacial score (nSPS) is 31.4. The first-order chi connectivity index (χ1) is 7.99. The smallest absolute Gasteiger partial charge is 0.332 e. The number of nitrogens with zero attached hydrogens (tertiary/aromatic N) is 1. The van der Waals surface area contributed by atoms with E-state index < -0.39 is 29.8 Å². The average molecular weight is 239 g/mol. The van der Waals surface area contributed by atoms with Crippen molar-refractivity contribution in [3.8, 4) is 0 Å². The van der Waals surface area contributed by atoms with Gasteiger partial charge in [0.15, 0.2) is 0 Å². The van der Waals surface area contributed by atoms with Crippen LogP contribution in [0.3, 0.4) is 0 Å². The molecule has 0 radical (unpaired) electrons. The van der Waals surface area contributed by atoms with Crippen LogP contribution in [0.4, 0.5) is 0 Å². The highest BCUT2D eigenvalue weighted by atomic mass is 16.4. The zero-order valence-electron chi connectivity index (χ0n) is 9.29. The van der Waals surface area contributed by atoms with Crippen LogP contribution >= 0.6 is 0 Å². The molecule has 1 amide bonds. The summed E-state index contributed by atoms with van der Waals surface area (Å²) in [5, 5.41) is 18.2. The van der Waals surface area contributed by atoms with Crippen LogP contribution in [0.25, 0.3) is 0 Å². The second-order valence-electron chi connectivity index (χ2n) is 4.23. The predicted molar refractivity (Wildman–Crippen MR) is 56.1 cm³/mol. The highest BCUT2D eigenvalue weighted by molar-refractivity contribution is 6.01. The van der Waals surface area contributed by atoms with E-state index in [-0.39, 0.29) is 11.5 Å². The highest BCUT2D eigenvalue weighted by Crippen LogP contribution is 2.41. The summed E-state index contributed by atoms with van der Waals surface area (Å²) >= 11 is 0. The molecule has 92 valence electrons. The molecule has 0 aromatic heterocycles. The van der Waals surface area contributed by atoms with E-state index >= 15 is 0 Å². The van der Waals surface area contributed by atoms with Gasteiger partial charge in [-0.1, -0.05) is 6.08 Å². The standard InChI is InChI=1S/C11H13NO5/c1-2-12-6-4-3-5(10(14)15)7(9(12)13)8(6)11(16)17/h3,6-8H,2,4H2,1H3,(H,14,15)(H,16,17)/t6-,7+,8-/m1/s1. The number of likely N-dealkylation sites (tertiary alicyclic amines) is 1. The van der Waals surface area contributed by atoms with Gasteiger partial charge in [0, 0.05) is 18.2 Å². The van der Waals surface area contributed by atoms with Crippen molar-refractivity contribution in [1.82, 2.24) is 4.90 Å². The Bertz CT molecular complexity index is 428. The number of amides is 1. The molecule has 1 fully saturated rings. The van der Waals surface area contributed by atoms with E-state index in [1.165, 1.54) is 11.0 Å². The summed E-state index contributed by atoms with van der Waals surface area (Å²) in [6.07, 6.45) is 1.78. The number of carboxylic acids is 2. The minimum atomic E-state index is -1.20. The molecule has 6 heteroatoms. The molecule has 17 heavy (non-hydrogen) atoms. The summed E-state index contributed by atoms with van der Waals surface area (Å²) in [4.78, 5) is 35.7. The molecular formula is C11H13NO5. The lowest BCUT2D eigenvalue weighted by atomic mass is 9.79. The number of carboxylic acid groups (broad SMARTS) is 2. The number of hydrogen-bond donors (Lipinski definition) is 2. The second kappa shape index (κ2) is 3.87. The van der Waals surface area contributed by atoms with Gasteiger partial charge in [-0.2, -0.15) is 0 Å². The number of hydrogen-bond acceptors (Lipinski definition) is 3. The zero-order valence-corrected chi connectivity index (χ0v) is 9.29. The molecule has 2 rings (SSSR count). The summed E-state index contributed by atoms with van der Waals surface area (Å²) in [6.45, 7) is 2.17. The molecule has 2 bridgehead atoms. The maximum Gasteiger partial charge on any atom is 0.332 e. The van der Waals surface area contributed by atoms with E-state index in [0.29, 0.717) is 13.0 Å². The molecule has 1 saturated heterocycles. The molecule has 0 aromatic rings. The molecule has 0 spiro atoms. The second-order valence-corrected chi connectivity index (χ2v) is 4.23. The molecule has 1 aliphatic carbocycles. The molecule has 0 unspecified atom stereocenters. The van der Waals surface area contributed by atoms with Gasteiger partial charge < -0.3 is 15.1 Å². The molecule has 2 aliphatic rings. The SMILES string of the molecule is CCN1C(=O)[C@H]2C(C(=O)O)=CC[C@@H]1[C@H]2C(=O)O. The molecule has 0 aromatic carbocycles. The maximum atomic E-state index is 12.0. The van der Waals surface area contributed by atoms with Gasteiger partial charge >= 0.3 is 11.9 Å². The van der Waals surface area contributed by atoms with Crippen molar-refractivity contribution in [1.29, 1.82) is 0 Å². The summed E-state index contributed by atoms with van der Waals surface area (Å²) in [5.74, 6) is -4.64. The average Bonchev–Trinajstić information content (AvgIpc) is 2.45. The van der Waals surface area contributed by atoms with Gasteiger partial charge in [-0.3, -0.25) is 9.59 Å². The summed E-state index contributed by atoms with van der Waals surface area (Å²) in [5.41, 5.74) is -0.0744. The van der Waals surface area contributed by atoms with Crippen LogP contribution in [0, 0.1) is 11.8 Å². The third-order valence-corrected chi connectivity index (χ3v) is 3.51. The lowest BCUT2D eigenvalue weighted by Gasteiger charge is -2.26. The fraction of sp³-hybridized carbons (Fsp3) is 0.545. The van der Waals surface area contributed by atoms with E-state index in [1.807, 2.05) is 0 Å². The molecule has 2 N–H and O–H groups in total. The molecule has 3 atom stereocenters. The molecule has 1 heterocycles. The Morgan fingerprint density at radius 2 is 2.12 bits per heavy atom. The quantitative estimate of drug-likeness (QED) is 0.720. The van der Waals surface area contributed by atoms with E-state index in [0.717, 1.165) is 0 Å². The van der Waals surface area contributed by atoms with Crippen LogP contribution in [0.2, 0.25) is 0 Å². The van der Waals surface area contributed by atoms with Gasteiger partial charge in [0.2, 0.25) is 5.91 Å². The zero-order chi connectivity index (χ0) is 12.7. The van der Waals surface area contributed by atoms with Crippen molar-refractivity contribution in [2.24, 2.45) is 11.8 Å². The molecule has 6 nitrogen and oxygen atoms in total. The Morgan fingerprint density at radius 3 is 2.59 bits per heavy atom. The van der Waals surface area contributed by atoms with E-state index in [9.17, 15) is 14.4 Å². The number of fused-ring (bicyclic) bond motifs is 2. The van der Waals surface area contributed by atoms with E-state index in [2.05, 4.69) is 0 Å². The van der Waals surface area contributed by atoms with E-state index in [4.69, 9.17) is 10.2 Å². The first-order valence-corrected chi connectivity index (χ1v) is 5.45. The number of aliphatic carboxylic acids is 2. The van der Waals surface area contributed by atoms with Crippen molar-refractivity contribution in [2.75, 3.05) is 6.54 Å². The Kier molecular flexibility index (Phi) is 2.65. The van der Waals surface area contributed by atoms with Crippen molar-refractivity contribution in [2.45, 2.75) is 19.4 Å². The van der Waals surface area contributed by atoms with Gasteiger partial charge in [-0.15, -0.1) is 0 Å². The Balaban J connectivity index is 2.46. The Morgan fingerprint density at radius 1 is 1.47 bits per heavy atom. The lowest BCUT2D eigenvalue weighted by Crippen LogP contribution is -2.38. The Labute approximate surface area is 97.5 Å². The van der Waals surface area contributed by atoms with Crippen LogP contribution in [0.1, 0.15) is 13.3 Å². The first-order valence-electron chi connectivity index (χ1n) is 5.45.